The Balaban J connectivity index is 1.09. The Hall–Kier alpha value is -2.94. The maximum absolute atomic E-state index is 6.69. The maximum atomic E-state index is 6.69. The second-order valence-electron chi connectivity index (χ2n) is 9.81. The highest BCUT2D eigenvalue weighted by Gasteiger charge is 2.43. The van der Waals surface area contributed by atoms with E-state index in [9.17, 15) is 0 Å². The SMILES string of the molecule is Clc1cc2[nH]c(O[C@@H]3COC4CCOC43)nc2cc1-c1ccc(-c2ccc(C3CNCCO3)cc2)cc1. The van der Waals surface area contributed by atoms with E-state index in [1.54, 1.807) is 0 Å². The van der Waals surface area contributed by atoms with E-state index in [4.69, 9.17) is 30.5 Å². The lowest BCUT2D eigenvalue weighted by molar-refractivity contribution is 0.0273. The van der Waals surface area contributed by atoms with Crippen LogP contribution in [0.1, 0.15) is 18.1 Å². The maximum Gasteiger partial charge on any atom is 0.295 e. The minimum atomic E-state index is -0.156. The molecule has 7 nitrogen and oxygen atoms in total. The zero-order valence-corrected chi connectivity index (χ0v) is 21.0. The monoisotopic (exact) mass is 517 g/mol. The van der Waals surface area contributed by atoms with Crippen molar-refractivity contribution in [3.63, 3.8) is 0 Å². The van der Waals surface area contributed by atoms with Gasteiger partial charge in [0, 0.05) is 25.3 Å². The summed E-state index contributed by atoms with van der Waals surface area (Å²) < 4.78 is 23.5. The van der Waals surface area contributed by atoms with Gasteiger partial charge in [-0.3, -0.25) is 0 Å². The van der Waals surface area contributed by atoms with Crippen LogP contribution in [-0.2, 0) is 14.2 Å². The number of morpholine rings is 1. The van der Waals surface area contributed by atoms with Gasteiger partial charge >= 0.3 is 0 Å². The van der Waals surface area contributed by atoms with Gasteiger partial charge in [-0.15, -0.1) is 0 Å². The minimum absolute atomic E-state index is 0.0281. The number of halogens is 1. The Labute approximate surface area is 220 Å². The third-order valence-electron chi connectivity index (χ3n) is 7.47. The van der Waals surface area contributed by atoms with Gasteiger partial charge in [-0.1, -0.05) is 60.1 Å². The number of aromatic amines is 1. The number of rotatable bonds is 5. The summed E-state index contributed by atoms with van der Waals surface area (Å²) in [4.78, 5) is 7.91. The van der Waals surface area contributed by atoms with E-state index in [-0.39, 0.29) is 24.4 Å². The van der Waals surface area contributed by atoms with Crippen molar-refractivity contribution in [2.75, 3.05) is 32.9 Å². The normalized spacial score (nSPS) is 25.4. The number of nitrogens with one attached hydrogen (secondary N) is 2. The molecule has 37 heavy (non-hydrogen) atoms. The molecule has 0 spiro atoms. The average Bonchev–Trinajstić information content (AvgIpc) is 3.66. The lowest BCUT2D eigenvalue weighted by Gasteiger charge is -2.24. The van der Waals surface area contributed by atoms with E-state index in [1.165, 1.54) is 11.1 Å². The molecule has 3 fully saturated rings. The lowest BCUT2D eigenvalue weighted by Crippen LogP contribution is -2.33. The lowest BCUT2D eigenvalue weighted by atomic mass is 9.98. The first-order chi connectivity index (χ1) is 18.2. The third-order valence-corrected chi connectivity index (χ3v) is 7.78. The van der Waals surface area contributed by atoms with Gasteiger partial charge in [0.05, 0.1) is 41.5 Å². The van der Waals surface area contributed by atoms with Crippen LogP contribution in [-0.4, -0.2) is 61.2 Å². The van der Waals surface area contributed by atoms with Gasteiger partial charge in [-0.25, -0.2) is 0 Å². The number of hydrogen-bond donors (Lipinski definition) is 2. The van der Waals surface area contributed by atoms with Gasteiger partial charge in [0.1, 0.15) is 6.10 Å². The van der Waals surface area contributed by atoms with Crippen molar-refractivity contribution in [1.82, 2.24) is 15.3 Å². The smallest absolute Gasteiger partial charge is 0.295 e. The van der Waals surface area contributed by atoms with E-state index in [0.717, 1.165) is 53.8 Å². The van der Waals surface area contributed by atoms with E-state index in [2.05, 4.69) is 63.8 Å². The second-order valence-corrected chi connectivity index (χ2v) is 10.2. The summed E-state index contributed by atoms with van der Waals surface area (Å²) in [5.74, 6) is 0. The highest BCUT2D eigenvalue weighted by Crippen LogP contribution is 2.35. The number of nitrogens with zero attached hydrogens (tertiary/aromatic N) is 1. The van der Waals surface area contributed by atoms with Crippen molar-refractivity contribution in [2.45, 2.75) is 30.8 Å². The van der Waals surface area contributed by atoms with Gasteiger partial charge in [0.25, 0.3) is 6.01 Å². The van der Waals surface area contributed by atoms with Crippen molar-refractivity contribution in [1.29, 1.82) is 0 Å². The zero-order valence-electron chi connectivity index (χ0n) is 20.3. The van der Waals surface area contributed by atoms with Crippen LogP contribution in [0.15, 0.2) is 60.7 Å². The Kier molecular flexibility index (Phi) is 6.11. The molecule has 4 heterocycles. The fourth-order valence-electron chi connectivity index (χ4n) is 5.47. The largest absolute Gasteiger partial charge is 0.456 e. The molecule has 0 aliphatic carbocycles. The summed E-state index contributed by atoms with van der Waals surface area (Å²) >= 11 is 6.69. The number of benzene rings is 3. The van der Waals surface area contributed by atoms with Crippen LogP contribution in [0.5, 0.6) is 6.01 Å². The summed E-state index contributed by atoms with van der Waals surface area (Å²) in [6.07, 6.45) is 0.978. The summed E-state index contributed by atoms with van der Waals surface area (Å²) in [6, 6.07) is 21.4. The molecule has 190 valence electrons. The van der Waals surface area contributed by atoms with E-state index < -0.39 is 0 Å². The van der Waals surface area contributed by atoms with Crippen LogP contribution in [0.25, 0.3) is 33.3 Å². The Morgan fingerprint density at radius 3 is 2.46 bits per heavy atom. The van der Waals surface area contributed by atoms with E-state index in [0.29, 0.717) is 24.2 Å². The average molecular weight is 518 g/mol. The first-order valence-corrected chi connectivity index (χ1v) is 13.2. The van der Waals surface area contributed by atoms with Gasteiger partial charge in [-0.2, -0.15) is 4.98 Å². The summed E-state index contributed by atoms with van der Waals surface area (Å²) in [7, 11) is 0. The molecule has 3 aliphatic rings. The first-order valence-electron chi connectivity index (χ1n) is 12.8. The highest BCUT2D eigenvalue weighted by molar-refractivity contribution is 6.34. The van der Waals surface area contributed by atoms with Gasteiger partial charge in [-0.05, 0) is 40.8 Å². The van der Waals surface area contributed by atoms with E-state index in [1.807, 2.05) is 12.1 Å². The van der Waals surface area contributed by atoms with E-state index >= 15 is 0 Å². The van der Waals surface area contributed by atoms with Crippen molar-refractivity contribution in [3.05, 3.63) is 71.2 Å². The summed E-state index contributed by atoms with van der Waals surface area (Å²) in [6.45, 7) is 3.75. The molecule has 3 aromatic carbocycles. The van der Waals surface area contributed by atoms with Crippen LogP contribution in [0, 0.1) is 0 Å². The predicted molar refractivity (Wildman–Crippen MR) is 142 cm³/mol. The van der Waals surface area contributed by atoms with Crippen LogP contribution in [0.4, 0.5) is 0 Å². The summed E-state index contributed by atoms with van der Waals surface area (Å²) in [5, 5.41) is 4.04. The van der Waals surface area contributed by atoms with Gasteiger partial charge in [0.2, 0.25) is 0 Å². The molecule has 1 aromatic heterocycles. The minimum Gasteiger partial charge on any atom is -0.456 e. The van der Waals surface area contributed by atoms with Crippen LogP contribution < -0.4 is 10.1 Å². The number of ether oxygens (including phenoxy) is 4. The zero-order chi connectivity index (χ0) is 24.8. The molecule has 3 saturated heterocycles. The molecule has 0 amide bonds. The van der Waals surface area contributed by atoms with Crippen molar-refractivity contribution in [3.8, 4) is 28.3 Å². The summed E-state index contributed by atoms with van der Waals surface area (Å²) in [5.41, 5.74) is 7.11. The Morgan fingerprint density at radius 1 is 0.892 bits per heavy atom. The third kappa shape index (κ3) is 4.51. The molecule has 4 atom stereocenters. The number of fused-ring (bicyclic) bond motifs is 2. The quantitative estimate of drug-likeness (QED) is 0.381. The molecule has 0 radical (unpaired) electrons. The van der Waals surface area contributed by atoms with Crippen LogP contribution in [0.3, 0.4) is 0 Å². The Morgan fingerprint density at radius 2 is 1.68 bits per heavy atom. The number of aromatic nitrogens is 2. The van der Waals surface area contributed by atoms with Crippen LogP contribution in [0.2, 0.25) is 5.02 Å². The predicted octanol–water partition coefficient (Wildman–Crippen LogP) is 5.15. The molecule has 2 N–H and O–H groups in total. The highest BCUT2D eigenvalue weighted by atomic mass is 35.5. The fourth-order valence-corrected chi connectivity index (χ4v) is 5.74. The topological polar surface area (TPSA) is 77.6 Å². The molecular weight excluding hydrogens is 490 g/mol. The molecule has 8 heteroatoms. The molecule has 7 rings (SSSR count). The Bertz CT molecular complexity index is 1400. The standard InChI is InChI=1S/C29H28ClN3O4/c30-22-14-24-23(32-29(33-24)37-27-16-36-25-9-11-35-28(25)27)13-21(22)19-5-1-17(2-6-19)18-3-7-20(8-4-18)26-15-31-10-12-34-26/h1-8,13-14,25-28,31H,9-12,15-16H2,(H,32,33)/t25?,26?,27-,28?/m1/s1. The number of H-pyrrole nitrogens is 1. The molecule has 4 aromatic rings. The molecule has 3 aliphatic heterocycles. The van der Waals surface area contributed by atoms with Crippen LogP contribution >= 0.6 is 11.6 Å². The number of hydrogen-bond acceptors (Lipinski definition) is 6. The van der Waals surface area contributed by atoms with Crippen molar-refractivity contribution >= 4 is 22.6 Å². The molecule has 0 saturated carbocycles. The van der Waals surface area contributed by atoms with Crippen molar-refractivity contribution in [2.24, 2.45) is 0 Å². The number of imidazole rings is 1. The molecule has 0 bridgehead atoms. The fraction of sp³-hybridized carbons (Fsp3) is 0.345. The van der Waals surface area contributed by atoms with Crippen molar-refractivity contribution < 1.29 is 18.9 Å². The first kappa shape index (κ1) is 23.2. The molecular formula is C29H28ClN3O4. The van der Waals surface area contributed by atoms with Gasteiger partial charge < -0.3 is 29.2 Å². The van der Waals surface area contributed by atoms with Gasteiger partial charge in [0.15, 0.2) is 6.10 Å². The molecule has 3 unspecified atom stereocenters. The second kappa shape index (κ2) is 9.74.